The van der Waals surface area contributed by atoms with Crippen LogP contribution in [-0.2, 0) is 11.3 Å². The van der Waals surface area contributed by atoms with E-state index < -0.39 is 0 Å². The smallest absolute Gasteiger partial charge is 0.169 e. The lowest BCUT2D eigenvalue weighted by molar-refractivity contribution is 0.0375. The molecular formula is C20H32N4O2S. The second kappa shape index (κ2) is 10.8. The van der Waals surface area contributed by atoms with Gasteiger partial charge in [0.05, 0.1) is 20.3 Å². The van der Waals surface area contributed by atoms with Crippen molar-refractivity contribution < 1.29 is 9.47 Å². The Balaban J connectivity index is 1.30. The third kappa shape index (κ3) is 6.60. The summed E-state index contributed by atoms with van der Waals surface area (Å²) in [6.07, 6.45) is 1.12. The molecule has 2 heterocycles. The van der Waals surface area contributed by atoms with Gasteiger partial charge in [0.15, 0.2) is 5.11 Å². The Bertz CT molecular complexity index is 570. The molecule has 2 aliphatic heterocycles. The van der Waals surface area contributed by atoms with E-state index in [4.69, 9.17) is 21.7 Å². The van der Waals surface area contributed by atoms with Gasteiger partial charge < -0.3 is 19.7 Å². The highest BCUT2D eigenvalue weighted by Crippen LogP contribution is 2.14. The summed E-state index contributed by atoms with van der Waals surface area (Å²) < 4.78 is 10.6. The Labute approximate surface area is 168 Å². The molecule has 0 aliphatic carbocycles. The van der Waals surface area contributed by atoms with Crippen LogP contribution in [0, 0.1) is 0 Å². The van der Waals surface area contributed by atoms with Gasteiger partial charge in [0, 0.05) is 52.4 Å². The summed E-state index contributed by atoms with van der Waals surface area (Å²) in [6, 6.07) is 8.35. The minimum Gasteiger partial charge on any atom is -0.497 e. The highest BCUT2D eigenvalue weighted by Gasteiger charge is 2.19. The largest absolute Gasteiger partial charge is 0.497 e. The van der Waals surface area contributed by atoms with Crippen LogP contribution in [0.4, 0.5) is 0 Å². The fourth-order valence-electron chi connectivity index (χ4n) is 3.53. The number of rotatable bonds is 7. The van der Waals surface area contributed by atoms with Crippen LogP contribution in [0.3, 0.4) is 0 Å². The molecule has 2 saturated heterocycles. The molecule has 6 nitrogen and oxygen atoms in total. The summed E-state index contributed by atoms with van der Waals surface area (Å²) >= 11 is 5.59. The first-order chi connectivity index (χ1) is 13.2. The van der Waals surface area contributed by atoms with Crippen molar-refractivity contribution >= 4 is 17.3 Å². The van der Waals surface area contributed by atoms with Crippen molar-refractivity contribution in [2.45, 2.75) is 13.0 Å². The molecule has 3 rings (SSSR count). The van der Waals surface area contributed by atoms with Gasteiger partial charge in [-0.3, -0.25) is 9.80 Å². The monoisotopic (exact) mass is 392 g/mol. The molecule has 0 atom stereocenters. The molecule has 0 aromatic heterocycles. The van der Waals surface area contributed by atoms with Gasteiger partial charge in [-0.05, 0) is 42.9 Å². The number of morpholine rings is 1. The second-order valence-electron chi connectivity index (χ2n) is 7.15. The Morgan fingerprint density at radius 3 is 2.41 bits per heavy atom. The van der Waals surface area contributed by atoms with Crippen LogP contribution in [0.2, 0.25) is 0 Å². The number of nitrogens with one attached hydrogen (secondary N) is 1. The van der Waals surface area contributed by atoms with Crippen molar-refractivity contribution in [1.29, 1.82) is 0 Å². The van der Waals surface area contributed by atoms with Crippen molar-refractivity contribution in [3.8, 4) is 5.75 Å². The van der Waals surface area contributed by atoms with E-state index in [9.17, 15) is 0 Å². The molecular weight excluding hydrogens is 360 g/mol. The van der Waals surface area contributed by atoms with Gasteiger partial charge in [0.1, 0.15) is 5.75 Å². The quantitative estimate of drug-likeness (QED) is 0.556. The standard InChI is InChI=1S/C20H32N4O2S/c1-25-19-5-3-18(4-6-19)17-23-9-11-24(12-10-23)20(27)21-7-2-8-22-13-15-26-16-14-22/h3-6H,2,7-17H2,1H3,(H,21,27). The molecule has 7 heteroatoms. The van der Waals surface area contributed by atoms with Crippen molar-refractivity contribution in [2.75, 3.05) is 72.7 Å². The van der Waals surface area contributed by atoms with Crippen LogP contribution in [0.1, 0.15) is 12.0 Å². The summed E-state index contributed by atoms with van der Waals surface area (Å²) in [5.74, 6) is 0.911. The van der Waals surface area contributed by atoms with Crippen LogP contribution in [-0.4, -0.2) is 92.5 Å². The number of hydrogen-bond donors (Lipinski definition) is 1. The maximum absolute atomic E-state index is 5.59. The van der Waals surface area contributed by atoms with Gasteiger partial charge in [-0.1, -0.05) is 12.1 Å². The Kier molecular flexibility index (Phi) is 8.13. The van der Waals surface area contributed by atoms with E-state index in [1.54, 1.807) is 7.11 Å². The van der Waals surface area contributed by atoms with Crippen LogP contribution >= 0.6 is 12.2 Å². The lowest BCUT2D eigenvalue weighted by Crippen LogP contribution is -2.51. The lowest BCUT2D eigenvalue weighted by Gasteiger charge is -2.36. The molecule has 1 N–H and O–H groups in total. The van der Waals surface area contributed by atoms with E-state index in [-0.39, 0.29) is 0 Å². The topological polar surface area (TPSA) is 40.2 Å². The number of ether oxygens (including phenoxy) is 2. The summed E-state index contributed by atoms with van der Waals surface area (Å²) in [5.41, 5.74) is 1.33. The van der Waals surface area contributed by atoms with Crippen LogP contribution in [0.25, 0.3) is 0 Å². The number of nitrogens with zero attached hydrogens (tertiary/aromatic N) is 3. The number of benzene rings is 1. The maximum atomic E-state index is 5.59. The molecule has 1 aromatic rings. The highest BCUT2D eigenvalue weighted by atomic mass is 32.1. The molecule has 0 bridgehead atoms. The Morgan fingerprint density at radius 1 is 1.04 bits per heavy atom. The molecule has 0 spiro atoms. The van der Waals surface area contributed by atoms with Gasteiger partial charge in [-0.25, -0.2) is 0 Å². The zero-order chi connectivity index (χ0) is 18.9. The van der Waals surface area contributed by atoms with E-state index in [1.165, 1.54) is 5.56 Å². The molecule has 0 radical (unpaired) electrons. The first-order valence-corrected chi connectivity index (χ1v) is 10.3. The fraction of sp³-hybridized carbons (Fsp3) is 0.650. The third-order valence-corrected chi connectivity index (χ3v) is 5.66. The van der Waals surface area contributed by atoms with E-state index in [0.29, 0.717) is 0 Å². The number of piperazine rings is 1. The summed E-state index contributed by atoms with van der Waals surface area (Å²) in [5, 5.41) is 4.34. The second-order valence-corrected chi connectivity index (χ2v) is 7.54. The summed E-state index contributed by atoms with van der Waals surface area (Å²) in [4.78, 5) is 7.25. The van der Waals surface area contributed by atoms with E-state index in [0.717, 1.165) is 89.4 Å². The average molecular weight is 393 g/mol. The normalized spacial score (nSPS) is 19.1. The SMILES string of the molecule is COc1ccc(CN2CCN(C(=S)NCCCN3CCOCC3)CC2)cc1. The molecule has 150 valence electrons. The maximum Gasteiger partial charge on any atom is 0.169 e. The van der Waals surface area contributed by atoms with E-state index >= 15 is 0 Å². The van der Waals surface area contributed by atoms with Crippen molar-refractivity contribution in [2.24, 2.45) is 0 Å². The lowest BCUT2D eigenvalue weighted by atomic mass is 10.2. The molecule has 2 fully saturated rings. The minimum atomic E-state index is 0.868. The van der Waals surface area contributed by atoms with Gasteiger partial charge in [-0.15, -0.1) is 0 Å². The van der Waals surface area contributed by atoms with Crippen molar-refractivity contribution in [3.05, 3.63) is 29.8 Å². The van der Waals surface area contributed by atoms with Gasteiger partial charge in [-0.2, -0.15) is 0 Å². The molecule has 27 heavy (non-hydrogen) atoms. The van der Waals surface area contributed by atoms with Crippen molar-refractivity contribution in [1.82, 2.24) is 20.0 Å². The highest BCUT2D eigenvalue weighted by molar-refractivity contribution is 7.80. The number of hydrogen-bond acceptors (Lipinski definition) is 5. The fourth-order valence-corrected chi connectivity index (χ4v) is 3.82. The van der Waals surface area contributed by atoms with Gasteiger partial charge in [0.2, 0.25) is 0 Å². The Hall–Kier alpha value is -1.41. The molecule has 0 unspecified atom stereocenters. The number of thiocarbonyl (C=S) groups is 1. The van der Waals surface area contributed by atoms with Gasteiger partial charge in [0.25, 0.3) is 0 Å². The average Bonchev–Trinajstić information content (AvgIpc) is 2.73. The molecule has 1 aromatic carbocycles. The first-order valence-electron chi connectivity index (χ1n) is 9.93. The zero-order valence-electron chi connectivity index (χ0n) is 16.4. The molecule has 0 saturated carbocycles. The van der Waals surface area contributed by atoms with E-state index in [1.807, 2.05) is 12.1 Å². The number of methoxy groups -OCH3 is 1. The summed E-state index contributed by atoms with van der Waals surface area (Å²) in [6.45, 7) is 11.0. The predicted octanol–water partition coefficient (Wildman–Crippen LogP) is 1.41. The van der Waals surface area contributed by atoms with E-state index in [2.05, 4.69) is 32.1 Å². The van der Waals surface area contributed by atoms with Crippen molar-refractivity contribution in [3.63, 3.8) is 0 Å². The summed E-state index contributed by atoms with van der Waals surface area (Å²) in [7, 11) is 1.70. The predicted molar refractivity (Wildman–Crippen MR) is 112 cm³/mol. The Morgan fingerprint density at radius 2 is 1.74 bits per heavy atom. The van der Waals surface area contributed by atoms with Crippen LogP contribution in [0.5, 0.6) is 5.75 Å². The first kappa shape index (κ1) is 20.3. The molecule has 0 amide bonds. The van der Waals surface area contributed by atoms with Gasteiger partial charge >= 0.3 is 0 Å². The van der Waals surface area contributed by atoms with Crippen LogP contribution < -0.4 is 10.1 Å². The minimum absolute atomic E-state index is 0.868. The van der Waals surface area contributed by atoms with Crippen LogP contribution in [0.15, 0.2) is 24.3 Å². The zero-order valence-corrected chi connectivity index (χ0v) is 17.2. The third-order valence-electron chi connectivity index (χ3n) is 5.26. The molecule has 2 aliphatic rings.